The first-order valence-corrected chi connectivity index (χ1v) is 6.44. The van der Waals surface area contributed by atoms with Crippen molar-refractivity contribution < 1.29 is 4.92 Å². The molecule has 21 heavy (non-hydrogen) atoms. The minimum atomic E-state index is -0.595. The molecule has 0 spiro atoms. The van der Waals surface area contributed by atoms with Gasteiger partial charge in [0.05, 0.1) is 21.1 Å². The summed E-state index contributed by atoms with van der Waals surface area (Å²) in [6.45, 7) is 0. The van der Waals surface area contributed by atoms with E-state index in [1.54, 1.807) is 18.3 Å². The van der Waals surface area contributed by atoms with Gasteiger partial charge in [0.15, 0.2) is 0 Å². The van der Waals surface area contributed by atoms with Gasteiger partial charge in [0.1, 0.15) is 6.07 Å². The Morgan fingerprint density at radius 1 is 1.38 bits per heavy atom. The van der Waals surface area contributed by atoms with Crippen LogP contribution in [0.3, 0.4) is 0 Å². The van der Waals surface area contributed by atoms with Crippen molar-refractivity contribution in [1.82, 2.24) is 4.98 Å². The van der Waals surface area contributed by atoms with Gasteiger partial charge in [-0.05, 0) is 18.2 Å². The van der Waals surface area contributed by atoms with Gasteiger partial charge < -0.3 is 0 Å². The van der Waals surface area contributed by atoms with Crippen LogP contribution >= 0.6 is 23.2 Å². The second-order valence-electron chi connectivity index (χ2n) is 3.96. The van der Waals surface area contributed by atoms with E-state index in [1.165, 1.54) is 24.4 Å². The molecule has 0 amide bonds. The van der Waals surface area contributed by atoms with Crippen LogP contribution in [0.15, 0.2) is 42.7 Å². The zero-order valence-electron chi connectivity index (χ0n) is 10.5. The molecule has 0 N–H and O–H groups in total. The minimum Gasteiger partial charge on any atom is -0.264 e. The Kier molecular flexibility index (Phi) is 4.53. The van der Waals surface area contributed by atoms with E-state index in [0.29, 0.717) is 5.56 Å². The average molecular weight is 320 g/mol. The molecule has 1 aromatic heterocycles. The molecule has 0 bridgehead atoms. The average Bonchev–Trinajstić information content (AvgIpc) is 2.48. The topological polar surface area (TPSA) is 79.8 Å². The van der Waals surface area contributed by atoms with E-state index < -0.39 is 4.92 Å². The predicted octanol–water partition coefficient (Wildman–Crippen LogP) is 4.27. The number of rotatable bonds is 3. The van der Waals surface area contributed by atoms with E-state index in [-0.39, 0.29) is 26.9 Å². The molecule has 2 rings (SSSR count). The van der Waals surface area contributed by atoms with E-state index >= 15 is 0 Å². The van der Waals surface area contributed by atoms with Gasteiger partial charge in [-0.2, -0.15) is 5.26 Å². The van der Waals surface area contributed by atoms with Crippen LogP contribution < -0.4 is 0 Å². The number of allylic oxidation sites excluding steroid dienone is 1. The van der Waals surface area contributed by atoms with Crippen molar-refractivity contribution in [2.75, 3.05) is 0 Å². The van der Waals surface area contributed by atoms with Crippen molar-refractivity contribution in [2.24, 2.45) is 0 Å². The highest BCUT2D eigenvalue weighted by molar-refractivity contribution is 6.53. The molecule has 1 heterocycles. The van der Waals surface area contributed by atoms with E-state index in [0.717, 1.165) is 0 Å². The summed E-state index contributed by atoms with van der Waals surface area (Å²) in [5, 5.41) is 20.6. The number of pyridine rings is 1. The van der Waals surface area contributed by atoms with Gasteiger partial charge in [-0.1, -0.05) is 29.3 Å². The molecule has 0 saturated heterocycles. The molecule has 0 radical (unpaired) electrons. The summed E-state index contributed by atoms with van der Waals surface area (Å²) in [5.41, 5.74) is 0.458. The van der Waals surface area contributed by atoms with E-state index in [1.807, 2.05) is 6.07 Å². The van der Waals surface area contributed by atoms with Crippen molar-refractivity contribution in [3.63, 3.8) is 0 Å². The maximum Gasteiger partial charge on any atom is 0.279 e. The van der Waals surface area contributed by atoms with Gasteiger partial charge in [-0.25, -0.2) is 0 Å². The largest absolute Gasteiger partial charge is 0.279 e. The Bertz CT molecular complexity index is 768. The maximum absolute atomic E-state index is 11.1. The van der Waals surface area contributed by atoms with Crippen molar-refractivity contribution in [2.45, 2.75) is 0 Å². The Morgan fingerprint density at radius 2 is 2.14 bits per heavy atom. The molecule has 0 aliphatic heterocycles. The van der Waals surface area contributed by atoms with Gasteiger partial charge in [0.2, 0.25) is 0 Å². The lowest BCUT2D eigenvalue weighted by molar-refractivity contribution is -0.385. The summed E-state index contributed by atoms with van der Waals surface area (Å²) in [5.74, 6) is 0. The number of aromatic nitrogens is 1. The second-order valence-corrected chi connectivity index (χ2v) is 4.78. The number of nitro groups is 1. The summed E-state index contributed by atoms with van der Waals surface area (Å²) in [7, 11) is 0. The first-order chi connectivity index (χ1) is 10.0. The standard InChI is InChI=1S/C14H7Cl2N3O2/c15-10-3-4-11(13(6-10)19(20)21)14(16)12(7-17)9-2-1-5-18-8-9/h1-6,8H/b14-12+. The molecule has 5 nitrogen and oxygen atoms in total. The summed E-state index contributed by atoms with van der Waals surface area (Å²) in [6.07, 6.45) is 3.01. The fourth-order valence-electron chi connectivity index (χ4n) is 1.73. The molecule has 0 atom stereocenters. The zero-order valence-corrected chi connectivity index (χ0v) is 12.0. The van der Waals surface area contributed by atoms with E-state index in [9.17, 15) is 15.4 Å². The van der Waals surface area contributed by atoms with Gasteiger partial charge in [-0.15, -0.1) is 0 Å². The van der Waals surface area contributed by atoms with Crippen LogP contribution in [0.4, 0.5) is 5.69 Å². The quantitative estimate of drug-likeness (QED) is 0.480. The first kappa shape index (κ1) is 15.0. The van der Waals surface area contributed by atoms with Crippen LogP contribution in [0.25, 0.3) is 10.6 Å². The maximum atomic E-state index is 11.1. The van der Waals surface area contributed by atoms with Gasteiger partial charge in [-0.3, -0.25) is 15.1 Å². The molecule has 0 saturated carbocycles. The van der Waals surface area contributed by atoms with Crippen LogP contribution in [0.2, 0.25) is 5.02 Å². The Hall–Kier alpha value is -2.42. The van der Waals surface area contributed by atoms with Crippen LogP contribution in [0, 0.1) is 21.4 Å². The SMILES string of the molecule is N#C/C(=C(\Cl)c1ccc(Cl)cc1[N+](=O)[O-])c1cccnc1. The van der Waals surface area contributed by atoms with Gasteiger partial charge in [0, 0.05) is 29.0 Å². The molecule has 0 fully saturated rings. The van der Waals surface area contributed by atoms with Gasteiger partial charge in [0.25, 0.3) is 5.69 Å². The first-order valence-electron chi connectivity index (χ1n) is 5.69. The summed E-state index contributed by atoms with van der Waals surface area (Å²) >= 11 is 11.9. The van der Waals surface area contributed by atoms with E-state index in [4.69, 9.17) is 23.2 Å². The number of benzene rings is 1. The van der Waals surface area contributed by atoms with Crippen LogP contribution in [0.1, 0.15) is 11.1 Å². The normalized spacial score (nSPS) is 11.5. The molecular weight excluding hydrogens is 313 g/mol. The molecule has 104 valence electrons. The Labute approximate surface area is 130 Å². The van der Waals surface area contributed by atoms with Crippen LogP contribution in [-0.2, 0) is 0 Å². The monoisotopic (exact) mass is 319 g/mol. The summed E-state index contributed by atoms with van der Waals surface area (Å²) < 4.78 is 0. The lowest BCUT2D eigenvalue weighted by Gasteiger charge is -2.05. The highest BCUT2D eigenvalue weighted by Gasteiger charge is 2.20. The molecule has 7 heteroatoms. The van der Waals surface area contributed by atoms with Crippen molar-refractivity contribution in [3.8, 4) is 6.07 Å². The number of halogens is 2. The van der Waals surface area contributed by atoms with Crippen molar-refractivity contribution in [3.05, 3.63) is 69.0 Å². The molecular formula is C14H7Cl2N3O2. The molecule has 0 aliphatic carbocycles. The van der Waals surface area contributed by atoms with Crippen molar-refractivity contribution in [1.29, 1.82) is 5.26 Å². The van der Waals surface area contributed by atoms with Gasteiger partial charge >= 0.3 is 0 Å². The number of hydrogen-bond donors (Lipinski definition) is 0. The highest BCUT2D eigenvalue weighted by Crippen LogP contribution is 2.35. The number of hydrogen-bond acceptors (Lipinski definition) is 4. The number of nitro benzene ring substituents is 1. The smallest absolute Gasteiger partial charge is 0.264 e. The lowest BCUT2D eigenvalue weighted by atomic mass is 10.0. The van der Waals surface area contributed by atoms with Crippen LogP contribution in [-0.4, -0.2) is 9.91 Å². The molecule has 1 aromatic carbocycles. The number of nitriles is 1. The second kappa shape index (κ2) is 6.35. The zero-order chi connectivity index (χ0) is 15.4. The third kappa shape index (κ3) is 3.19. The number of nitrogens with zero attached hydrogens (tertiary/aromatic N) is 3. The lowest BCUT2D eigenvalue weighted by Crippen LogP contribution is -1.95. The highest BCUT2D eigenvalue weighted by atomic mass is 35.5. The molecule has 2 aromatic rings. The van der Waals surface area contributed by atoms with Crippen molar-refractivity contribution >= 4 is 39.5 Å². The Morgan fingerprint density at radius 3 is 2.71 bits per heavy atom. The fourth-order valence-corrected chi connectivity index (χ4v) is 2.20. The third-order valence-electron chi connectivity index (χ3n) is 2.67. The predicted molar refractivity (Wildman–Crippen MR) is 80.6 cm³/mol. The minimum absolute atomic E-state index is 0.0196. The van der Waals surface area contributed by atoms with E-state index in [2.05, 4.69) is 4.98 Å². The van der Waals surface area contributed by atoms with Crippen LogP contribution in [0.5, 0.6) is 0 Å². The fraction of sp³-hybridized carbons (Fsp3) is 0. The Balaban J connectivity index is 2.68. The summed E-state index contributed by atoms with van der Waals surface area (Å²) in [4.78, 5) is 14.4. The third-order valence-corrected chi connectivity index (χ3v) is 3.30. The molecule has 0 aliphatic rings. The molecule has 0 unspecified atom stereocenters. The summed E-state index contributed by atoms with van der Waals surface area (Å²) in [6, 6.07) is 9.33.